The van der Waals surface area contributed by atoms with Gasteiger partial charge in [0.25, 0.3) is 5.69 Å². The molecule has 0 spiro atoms. The maximum absolute atomic E-state index is 11.8. The minimum absolute atomic E-state index is 0.00673. The third-order valence-electron chi connectivity index (χ3n) is 3.80. The van der Waals surface area contributed by atoms with E-state index >= 15 is 0 Å². The van der Waals surface area contributed by atoms with E-state index in [9.17, 15) is 14.9 Å². The van der Waals surface area contributed by atoms with Gasteiger partial charge in [0.05, 0.1) is 12.0 Å². The maximum atomic E-state index is 11.8. The molecule has 0 fully saturated rings. The van der Waals surface area contributed by atoms with Crippen molar-refractivity contribution in [2.75, 3.05) is 13.7 Å². The lowest BCUT2D eigenvalue weighted by Crippen LogP contribution is -2.30. The standard InChI is InChI=1S/C18H20N2O4/c1-14(21)19(13-16-5-9-18(24-2)10-6-16)12-11-15-3-7-17(8-4-15)20(22)23/h3-10H,11-13H2,1-2H3. The second-order valence-corrected chi connectivity index (χ2v) is 5.46. The third kappa shape index (κ3) is 4.81. The summed E-state index contributed by atoms with van der Waals surface area (Å²) in [6.45, 7) is 2.62. The molecule has 0 saturated carbocycles. The van der Waals surface area contributed by atoms with Crippen molar-refractivity contribution >= 4 is 11.6 Å². The average molecular weight is 328 g/mol. The first-order valence-electron chi connectivity index (χ1n) is 7.61. The number of nitro benzene ring substituents is 1. The highest BCUT2D eigenvalue weighted by molar-refractivity contribution is 5.73. The van der Waals surface area contributed by atoms with E-state index in [4.69, 9.17) is 4.74 Å². The van der Waals surface area contributed by atoms with Crippen molar-refractivity contribution < 1.29 is 14.5 Å². The predicted octanol–water partition coefficient (Wildman–Crippen LogP) is 3.19. The van der Waals surface area contributed by atoms with E-state index in [2.05, 4.69) is 0 Å². The van der Waals surface area contributed by atoms with Gasteiger partial charge in [0.1, 0.15) is 5.75 Å². The van der Waals surface area contributed by atoms with Gasteiger partial charge in [-0.15, -0.1) is 0 Å². The smallest absolute Gasteiger partial charge is 0.269 e. The molecular weight excluding hydrogens is 308 g/mol. The van der Waals surface area contributed by atoms with Gasteiger partial charge >= 0.3 is 0 Å². The Morgan fingerprint density at radius 3 is 2.17 bits per heavy atom. The Hall–Kier alpha value is -2.89. The molecule has 0 atom stereocenters. The predicted molar refractivity (Wildman–Crippen MR) is 90.9 cm³/mol. The second kappa shape index (κ2) is 8.10. The molecule has 6 heteroatoms. The number of ether oxygens (including phenoxy) is 1. The van der Waals surface area contributed by atoms with Gasteiger partial charge < -0.3 is 9.64 Å². The molecule has 0 aliphatic heterocycles. The van der Waals surface area contributed by atoms with Gasteiger partial charge in [0.2, 0.25) is 5.91 Å². The molecular formula is C18H20N2O4. The van der Waals surface area contributed by atoms with E-state index in [1.165, 1.54) is 12.1 Å². The van der Waals surface area contributed by atoms with Crippen molar-refractivity contribution in [2.45, 2.75) is 19.9 Å². The second-order valence-electron chi connectivity index (χ2n) is 5.46. The molecule has 6 nitrogen and oxygen atoms in total. The molecule has 0 radical (unpaired) electrons. The fourth-order valence-electron chi connectivity index (χ4n) is 2.35. The Labute approximate surface area is 140 Å². The minimum atomic E-state index is -0.421. The van der Waals surface area contributed by atoms with E-state index < -0.39 is 4.92 Å². The van der Waals surface area contributed by atoms with Gasteiger partial charge in [-0.1, -0.05) is 24.3 Å². The highest BCUT2D eigenvalue weighted by Crippen LogP contribution is 2.15. The molecule has 0 unspecified atom stereocenters. The summed E-state index contributed by atoms with van der Waals surface area (Å²) in [5.41, 5.74) is 2.05. The quantitative estimate of drug-likeness (QED) is 0.578. The van der Waals surface area contributed by atoms with Gasteiger partial charge in [0, 0.05) is 32.1 Å². The van der Waals surface area contributed by atoms with E-state index in [1.807, 2.05) is 24.3 Å². The number of carbonyl (C=O) groups is 1. The van der Waals surface area contributed by atoms with Crippen LogP contribution in [0.4, 0.5) is 5.69 Å². The molecule has 24 heavy (non-hydrogen) atoms. The first kappa shape index (κ1) is 17.5. The summed E-state index contributed by atoms with van der Waals surface area (Å²) >= 11 is 0. The largest absolute Gasteiger partial charge is 0.497 e. The third-order valence-corrected chi connectivity index (χ3v) is 3.80. The summed E-state index contributed by atoms with van der Waals surface area (Å²) in [5, 5.41) is 10.7. The average Bonchev–Trinajstić information content (AvgIpc) is 2.59. The highest BCUT2D eigenvalue weighted by atomic mass is 16.6. The molecule has 2 aromatic rings. The van der Waals surface area contributed by atoms with Crippen molar-refractivity contribution in [3.63, 3.8) is 0 Å². The van der Waals surface area contributed by atoms with Gasteiger partial charge in [-0.2, -0.15) is 0 Å². The molecule has 1 amide bonds. The van der Waals surface area contributed by atoms with Gasteiger partial charge in [-0.25, -0.2) is 0 Å². The van der Waals surface area contributed by atoms with E-state index in [0.717, 1.165) is 16.9 Å². The van der Waals surface area contributed by atoms with Crippen LogP contribution in [0.3, 0.4) is 0 Å². The van der Waals surface area contributed by atoms with Crippen LogP contribution in [-0.2, 0) is 17.8 Å². The number of benzene rings is 2. The lowest BCUT2D eigenvalue weighted by Gasteiger charge is -2.21. The van der Waals surface area contributed by atoms with Gasteiger partial charge in [-0.05, 0) is 29.7 Å². The van der Waals surface area contributed by atoms with Crippen LogP contribution < -0.4 is 4.74 Å². The molecule has 2 aromatic carbocycles. The van der Waals surface area contributed by atoms with Crippen molar-refractivity contribution in [1.29, 1.82) is 0 Å². The van der Waals surface area contributed by atoms with Gasteiger partial charge in [-0.3, -0.25) is 14.9 Å². The Kier molecular flexibility index (Phi) is 5.89. The zero-order valence-electron chi connectivity index (χ0n) is 13.8. The summed E-state index contributed by atoms with van der Waals surface area (Å²) in [7, 11) is 1.61. The van der Waals surface area contributed by atoms with Crippen molar-refractivity contribution in [3.05, 3.63) is 69.8 Å². The van der Waals surface area contributed by atoms with E-state index in [0.29, 0.717) is 19.5 Å². The fraction of sp³-hybridized carbons (Fsp3) is 0.278. The number of amides is 1. The normalized spacial score (nSPS) is 10.2. The van der Waals surface area contributed by atoms with Crippen LogP contribution in [0.2, 0.25) is 0 Å². The number of hydrogen-bond acceptors (Lipinski definition) is 4. The molecule has 0 bridgehead atoms. The van der Waals surface area contributed by atoms with Gasteiger partial charge in [0.15, 0.2) is 0 Å². The Morgan fingerprint density at radius 2 is 1.67 bits per heavy atom. The molecule has 126 valence electrons. The zero-order chi connectivity index (χ0) is 17.5. The SMILES string of the molecule is COc1ccc(CN(CCc2ccc([N+](=O)[O-])cc2)C(C)=O)cc1. The summed E-state index contributed by atoms with van der Waals surface area (Å²) in [4.78, 5) is 23.8. The first-order chi connectivity index (χ1) is 11.5. The number of carbonyl (C=O) groups excluding carboxylic acids is 1. The first-order valence-corrected chi connectivity index (χ1v) is 7.61. The minimum Gasteiger partial charge on any atom is -0.497 e. The van der Waals surface area contributed by atoms with E-state index in [-0.39, 0.29) is 11.6 Å². The lowest BCUT2D eigenvalue weighted by molar-refractivity contribution is -0.384. The molecule has 0 N–H and O–H groups in total. The van der Waals surface area contributed by atoms with Crippen LogP contribution in [0.5, 0.6) is 5.75 Å². The molecule has 0 aliphatic carbocycles. The monoisotopic (exact) mass is 328 g/mol. The Bertz CT molecular complexity index is 696. The summed E-state index contributed by atoms with van der Waals surface area (Å²) in [6, 6.07) is 14.0. The fourth-order valence-corrected chi connectivity index (χ4v) is 2.35. The van der Waals surface area contributed by atoms with Crippen molar-refractivity contribution in [1.82, 2.24) is 4.90 Å². The van der Waals surface area contributed by atoms with Crippen LogP contribution in [0.15, 0.2) is 48.5 Å². The molecule has 2 rings (SSSR count). The lowest BCUT2D eigenvalue weighted by atomic mass is 10.1. The number of nitro groups is 1. The summed E-state index contributed by atoms with van der Waals surface area (Å²) < 4.78 is 5.12. The zero-order valence-corrected chi connectivity index (χ0v) is 13.8. The maximum Gasteiger partial charge on any atom is 0.269 e. The highest BCUT2D eigenvalue weighted by Gasteiger charge is 2.11. The molecule has 0 aromatic heterocycles. The van der Waals surface area contributed by atoms with Crippen LogP contribution in [0, 0.1) is 10.1 Å². The van der Waals surface area contributed by atoms with Crippen molar-refractivity contribution in [2.24, 2.45) is 0 Å². The summed E-state index contributed by atoms with van der Waals surface area (Å²) in [6.07, 6.45) is 0.647. The van der Waals surface area contributed by atoms with E-state index in [1.54, 1.807) is 31.1 Å². The molecule has 0 heterocycles. The number of non-ortho nitro benzene ring substituents is 1. The Balaban J connectivity index is 1.97. The van der Waals surface area contributed by atoms with Crippen LogP contribution in [0.1, 0.15) is 18.1 Å². The summed E-state index contributed by atoms with van der Waals surface area (Å²) in [5.74, 6) is 0.770. The van der Waals surface area contributed by atoms with Crippen LogP contribution >= 0.6 is 0 Å². The number of nitrogens with zero attached hydrogens (tertiary/aromatic N) is 2. The number of methoxy groups -OCH3 is 1. The number of hydrogen-bond donors (Lipinski definition) is 0. The Morgan fingerprint density at radius 1 is 1.08 bits per heavy atom. The van der Waals surface area contributed by atoms with Crippen LogP contribution in [0.25, 0.3) is 0 Å². The topological polar surface area (TPSA) is 72.7 Å². The number of rotatable bonds is 7. The molecule has 0 saturated heterocycles. The van der Waals surface area contributed by atoms with Crippen LogP contribution in [-0.4, -0.2) is 29.4 Å². The molecule has 0 aliphatic rings. The van der Waals surface area contributed by atoms with Crippen molar-refractivity contribution in [3.8, 4) is 5.75 Å².